The summed E-state index contributed by atoms with van der Waals surface area (Å²) in [5.74, 6) is -0.0695. The maximum Gasteiger partial charge on any atom is 0.252 e. The molecule has 1 atom stereocenters. The van der Waals surface area contributed by atoms with E-state index in [0.717, 1.165) is 35.4 Å². The van der Waals surface area contributed by atoms with E-state index in [0.29, 0.717) is 18.5 Å². The molecule has 2 aromatic rings. The highest BCUT2D eigenvalue weighted by molar-refractivity contribution is 7.10. The molecule has 1 aliphatic rings. The number of nitrogens with one attached hydrogen (secondary N) is 1. The fourth-order valence-corrected chi connectivity index (χ4v) is 3.94. The number of aromatic nitrogens is 1. The summed E-state index contributed by atoms with van der Waals surface area (Å²) >= 11 is 1.48. The lowest BCUT2D eigenvalue weighted by Gasteiger charge is -2.17. The number of thiophene rings is 1. The fraction of sp³-hybridized carbons (Fsp3) is 0.375. The van der Waals surface area contributed by atoms with Gasteiger partial charge in [-0.05, 0) is 37.0 Å². The number of rotatable bonds is 5. The summed E-state index contributed by atoms with van der Waals surface area (Å²) in [7, 11) is 0. The summed E-state index contributed by atoms with van der Waals surface area (Å²) in [5, 5.41) is 7.97. The van der Waals surface area contributed by atoms with Gasteiger partial charge in [0.05, 0.1) is 5.56 Å². The van der Waals surface area contributed by atoms with Crippen LogP contribution in [-0.2, 0) is 12.8 Å². The Morgan fingerprint density at radius 3 is 3.14 bits per heavy atom. The molecule has 6 heteroatoms. The van der Waals surface area contributed by atoms with Crippen LogP contribution in [0.5, 0.6) is 0 Å². The van der Waals surface area contributed by atoms with Crippen molar-refractivity contribution < 1.29 is 4.79 Å². The second-order valence-electron chi connectivity index (χ2n) is 5.33. The summed E-state index contributed by atoms with van der Waals surface area (Å²) < 4.78 is 0. The molecular formula is C16H17N3O2S. The molecule has 1 unspecified atom stereocenters. The Morgan fingerprint density at radius 2 is 2.36 bits per heavy atom. The van der Waals surface area contributed by atoms with Gasteiger partial charge in [-0.25, -0.2) is 0 Å². The molecule has 0 saturated carbocycles. The van der Waals surface area contributed by atoms with Crippen LogP contribution in [0.15, 0.2) is 35.0 Å². The third-order valence-electron chi connectivity index (χ3n) is 3.90. The SMILES string of the molecule is O=NC1CCCc2c(C(=O)NCCc3ccccn3)csc21. The van der Waals surface area contributed by atoms with Gasteiger partial charge in [0, 0.05) is 35.1 Å². The van der Waals surface area contributed by atoms with Crippen LogP contribution in [-0.4, -0.2) is 17.4 Å². The van der Waals surface area contributed by atoms with Crippen LogP contribution in [0.1, 0.15) is 45.4 Å². The Balaban J connectivity index is 1.63. The molecule has 2 heterocycles. The van der Waals surface area contributed by atoms with Crippen molar-refractivity contribution in [1.82, 2.24) is 10.3 Å². The molecule has 5 nitrogen and oxygen atoms in total. The molecule has 2 aromatic heterocycles. The van der Waals surface area contributed by atoms with E-state index >= 15 is 0 Å². The fourth-order valence-electron chi connectivity index (χ4n) is 2.77. The van der Waals surface area contributed by atoms with E-state index in [1.807, 2.05) is 23.6 Å². The van der Waals surface area contributed by atoms with E-state index in [2.05, 4.69) is 15.5 Å². The maximum absolute atomic E-state index is 12.3. The highest BCUT2D eigenvalue weighted by atomic mass is 32.1. The molecule has 22 heavy (non-hydrogen) atoms. The van der Waals surface area contributed by atoms with E-state index in [1.165, 1.54) is 11.3 Å². The standard InChI is InChI=1S/C16H17N3O2S/c20-16(18-9-7-11-4-1-2-8-17-11)13-10-22-15-12(13)5-3-6-14(15)19-21/h1-2,4,8,10,14H,3,5-7,9H2,(H,18,20). The molecule has 0 aliphatic heterocycles. The lowest BCUT2D eigenvalue weighted by Crippen LogP contribution is -2.26. The Bertz CT molecular complexity index is 669. The predicted octanol–water partition coefficient (Wildman–Crippen LogP) is 3.26. The average Bonchev–Trinajstić information content (AvgIpc) is 3.00. The average molecular weight is 315 g/mol. The second kappa shape index (κ2) is 6.79. The highest BCUT2D eigenvalue weighted by Gasteiger charge is 2.27. The molecule has 114 valence electrons. The minimum atomic E-state index is -0.274. The molecule has 1 N–H and O–H groups in total. The lowest BCUT2D eigenvalue weighted by atomic mass is 9.92. The van der Waals surface area contributed by atoms with Gasteiger partial charge >= 0.3 is 0 Å². The Labute approximate surface area is 132 Å². The van der Waals surface area contributed by atoms with Crippen LogP contribution in [0, 0.1) is 4.91 Å². The second-order valence-corrected chi connectivity index (χ2v) is 6.24. The third kappa shape index (κ3) is 3.06. The molecule has 0 bridgehead atoms. The zero-order valence-electron chi connectivity index (χ0n) is 12.1. The first-order valence-electron chi connectivity index (χ1n) is 7.40. The van der Waals surface area contributed by atoms with E-state index in [-0.39, 0.29) is 11.9 Å². The van der Waals surface area contributed by atoms with E-state index < -0.39 is 0 Å². The monoisotopic (exact) mass is 315 g/mol. The summed E-state index contributed by atoms with van der Waals surface area (Å²) in [4.78, 5) is 28.4. The number of nitroso groups, excluding NO2 is 1. The summed E-state index contributed by atoms with van der Waals surface area (Å²) in [6.07, 6.45) is 5.01. The van der Waals surface area contributed by atoms with Crippen molar-refractivity contribution in [3.05, 3.63) is 56.4 Å². The zero-order chi connectivity index (χ0) is 15.4. The molecule has 3 rings (SSSR count). The molecule has 1 aliphatic carbocycles. The van der Waals surface area contributed by atoms with E-state index in [4.69, 9.17) is 0 Å². The number of carbonyl (C=O) groups excluding carboxylic acids is 1. The number of nitrogens with zero attached hydrogens (tertiary/aromatic N) is 2. The van der Waals surface area contributed by atoms with Gasteiger partial charge < -0.3 is 5.32 Å². The summed E-state index contributed by atoms with van der Waals surface area (Å²) in [5.41, 5.74) is 2.67. The highest BCUT2D eigenvalue weighted by Crippen LogP contribution is 2.38. The first-order chi connectivity index (χ1) is 10.8. The zero-order valence-corrected chi connectivity index (χ0v) is 12.9. The van der Waals surface area contributed by atoms with Gasteiger partial charge in [-0.1, -0.05) is 11.2 Å². The molecule has 0 saturated heterocycles. The van der Waals surface area contributed by atoms with Crippen LogP contribution in [0.25, 0.3) is 0 Å². The number of hydrogen-bond donors (Lipinski definition) is 1. The first kappa shape index (κ1) is 14.8. The van der Waals surface area contributed by atoms with Crippen LogP contribution in [0.3, 0.4) is 0 Å². The van der Waals surface area contributed by atoms with Crippen molar-refractivity contribution in [2.45, 2.75) is 31.7 Å². The number of amides is 1. The van der Waals surface area contributed by atoms with Crippen molar-refractivity contribution in [3.8, 4) is 0 Å². The van der Waals surface area contributed by atoms with Crippen LogP contribution >= 0.6 is 11.3 Å². The number of fused-ring (bicyclic) bond motifs is 1. The van der Waals surface area contributed by atoms with Gasteiger partial charge in [0.1, 0.15) is 6.04 Å². The molecule has 0 spiro atoms. The quantitative estimate of drug-likeness (QED) is 0.861. The molecule has 0 radical (unpaired) electrons. The topological polar surface area (TPSA) is 71.4 Å². The predicted molar refractivity (Wildman–Crippen MR) is 86.1 cm³/mol. The van der Waals surface area contributed by atoms with Crippen LogP contribution in [0.4, 0.5) is 0 Å². The van der Waals surface area contributed by atoms with Crippen LogP contribution < -0.4 is 5.32 Å². The van der Waals surface area contributed by atoms with Crippen molar-refractivity contribution in [2.24, 2.45) is 5.18 Å². The van der Waals surface area contributed by atoms with Gasteiger partial charge in [0.15, 0.2) is 0 Å². The summed E-state index contributed by atoms with van der Waals surface area (Å²) in [6, 6.07) is 5.48. The van der Waals surface area contributed by atoms with Crippen molar-refractivity contribution >= 4 is 17.2 Å². The van der Waals surface area contributed by atoms with E-state index in [9.17, 15) is 9.70 Å². The van der Waals surface area contributed by atoms with Gasteiger partial charge in [0.25, 0.3) is 5.91 Å². The van der Waals surface area contributed by atoms with Crippen LogP contribution in [0.2, 0.25) is 0 Å². The molecule has 0 fully saturated rings. The Hall–Kier alpha value is -2.08. The van der Waals surface area contributed by atoms with Crippen molar-refractivity contribution in [2.75, 3.05) is 6.54 Å². The van der Waals surface area contributed by atoms with Crippen molar-refractivity contribution in [1.29, 1.82) is 0 Å². The minimum Gasteiger partial charge on any atom is -0.352 e. The van der Waals surface area contributed by atoms with Crippen molar-refractivity contribution in [3.63, 3.8) is 0 Å². The molecule has 0 aromatic carbocycles. The lowest BCUT2D eigenvalue weighted by molar-refractivity contribution is 0.0953. The van der Waals surface area contributed by atoms with E-state index in [1.54, 1.807) is 6.20 Å². The van der Waals surface area contributed by atoms with Gasteiger partial charge in [-0.15, -0.1) is 11.3 Å². The third-order valence-corrected chi connectivity index (χ3v) is 5.02. The Kier molecular flexibility index (Phi) is 4.58. The van der Waals surface area contributed by atoms with Gasteiger partial charge in [-0.3, -0.25) is 9.78 Å². The normalized spacial score (nSPS) is 16.8. The number of carbonyl (C=O) groups is 1. The van der Waals surface area contributed by atoms with Gasteiger partial charge in [-0.2, -0.15) is 4.91 Å². The van der Waals surface area contributed by atoms with Gasteiger partial charge in [0.2, 0.25) is 0 Å². The largest absolute Gasteiger partial charge is 0.352 e. The molecular weight excluding hydrogens is 298 g/mol. The smallest absolute Gasteiger partial charge is 0.252 e. The Morgan fingerprint density at radius 1 is 1.45 bits per heavy atom. The first-order valence-corrected chi connectivity index (χ1v) is 8.28. The maximum atomic E-state index is 12.3. The minimum absolute atomic E-state index is 0.0695. The number of pyridine rings is 1. The summed E-state index contributed by atoms with van der Waals surface area (Å²) in [6.45, 7) is 0.551. The molecule has 1 amide bonds. The number of hydrogen-bond acceptors (Lipinski definition) is 5.